The van der Waals surface area contributed by atoms with Crippen molar-refractivity contribution in [1.82, 2.24) is 15.0 Å². The summed E-state index contributed by atoms with van der Waals surface area (Å²) < 4.78 is 0. The van der Waals surface area contributed by atoms with Crippen LogP contribution >= 0.6 is 0 Å². The van der Waals surface area contributed by atoms with Crippen molar-refractivity contribution in [2.45, 2.75) is 0 Å². The zero-order valence-electron chi connectivity index (χ0n) is 5.20. The number of nitrogens with one attached hydrogen (secondary N) is 1. The van der Waals surface area contributed by atoms with Gasteiger partial charge in [-0.1, -0.05) is 0 Å². The molecule has 2 aromatic rings. The summed E-state index contributed by atoms with van der Waals surface area (Å²) >= 11 is 0. The van der Waals surface area contributed by atoms with Crippen LogP contribution in [0, 0.1) is 0 Å². The molecule has 0 atom stereocenters. The fourth-order valence-electron chi connectivity index (χ4n) is 0.775. The summed E-state index contributed by atoms with van der Waals surface area (Å²) in [6, 6.07) is 3.82. The first-order valence-electron chi connectivity index (χ1n) is 2.71. The van der Waals surface area contributed by atoms with Crippen molar-refractivity contribution in [3.8, 4) is 0 Å². The zero-order chi connectivity index (χ0) is 6.10. The normalized spacial score (nSPS) is 9.20. The third-order valence-electron chi connectivity index (χ3n) is 1.19. The van der Waals surface area contributed by atoms with Crippen molar-refractivity contribution < 1.29 is 21.7 Å². The Kier molecular flexibility index (Phi) is 2.19. The molecule has 2 heterocycles. The van der Waals surface area contributed by atoms with Crippen LogP contribution in [0.2, 0.25) is 0 Å². The molecule has 0 saturated heterocycles. The molecule has 1 N–H and O–H groups in total. The van der Waals surface area contributed by atoms with Gasteiger partial charge in [-0.3, -0.25) is 0 Å². The van der Waals surface area contributed by atoms with Crippen LogP contribution in [0.1, 0.15) is 0 Å². The molecule has 0 spiro atoms. The molecule has 4 heteroatoms. The zero-order valence-corrected chi connectivity index (χ0v) is 6.77. The molecule has 0 fully saturated rings. The van der Waals surface area contributed by atoms with Gasteiger partial charge in [-0.15, -0.1) is 0 Å². The van der Waals surface area contributed by atoms with E-state index in [-0.39, 0.29) is 21.7 Å². The molecule has 0 aliphatic heterocycles. The van der Waals surface area contributed by atoms with E-state index in [1.165, 1.54) is 0 Å². The predicted octanol–water partition coefficient (Wildman–Crippen LogP) is 0.955. The third-order valence-corrected chi connectivity index (χ3v) is 1.19. The molecule has 2 aromatic heterocycles. The van der Waals surface area contributed by atoms with Gasteiger partial charge >= 0.3 is 0 Å². The first-order chi connectivity index (χ1) is 4.47. The summed E-state index contributed by atoms with van der Waals surface area (Å²) in [6.07, 6.45) is 3.36. The van der Waals surface area contributed by atoms with E-state index in [1.54, 1.807) is 12.5 Å². The van der Waals surface area contributed by atoms with Gasteiger partial charge in [-0.25, -0.2) is 9.97 Å². The standard InChI is InChI=1S/C6H5N3.Ti/c1-2-5-6(7-3-1)9-4-8-5;/h1-4H,(H,7,8,9);. The Labute approximate surface area is 72.8 Å². The topological polar surface area (TPSA) is 41.6 Å². The molecule has 0 unspecified atom stereocenters. The van der Waals surface area contributed by atoms with Crippen LogP contribution in [0.25, 0.3) is 11.2 Å². The van der Waals surface area contributed by atoms with Crippen LogP contribution in [-0.2, 0) is 21.7 Å². The number of nitrogens with zero attached hydrogens (tertiary/aromatic N) is 2. The molecule has 0 aromatic carbocycles. The van der Waals surface area contributed by atoms with Crippen molar-refractivity contribution in [3.63, 3.8) is 0 Å². The van der Waals surface area contributed by atoms with Gasteiger partial charge in [0.25, 0.3) is 0 Å². The van der Waals surface area contributed by atoms with Crippen molar-refractivity contribution in [2.24, 2.45) is 0 Å². The van der Waals surface area contributed by atoms with Crippen molar-refractivity contribution in [1.29, 1.82) is 0 Å². The maximum absolute atomic E-state index is 4.00. The van der Waals surface area contributed by atoms with Crippen LogP contribution in [0.15, 0.2) is 24.7 Å². The van der Waals surface area contributed by atoms with Crippen molar-refractivity contribution in [3.05, 3.63) is 24.7 Å². The minimum Gasteiger partial charge on any atom is -0.343 e. The predicted molar refractivity (Wildman–Crippen MR) is 33.9 cm³/mol. The number of fused-ring (bicyclic) bond motifs is 1. The van der Waals surface area contributed by atoms with E-state index in [1.807, 2.05) is 12.1 Å². The molecule has 0 saturated carbocycles. The summed E-state index contributed by atoms with van der Waals surface area (Å²) in [7, 11) is 0. The number of H-pyrrole nitrogens is 1. The number of aromatic nitrogens is 3. The number of hydrogen-bond acceptors (Lipinski definition) is 2. The van der Waals surface area contributed by atoms with Gasteiger partial charge in [0.2, 0.25) is 0 Å². The molecule has 2 rings (SSSR count). The van der Waals surface area contributed by atoms with E-state index >= 15 is 0 Å². The van der Waals surface area contributed by atoms with Gasteiger partial charge in [0.1, 0.15) is 0 Å². The summed E-state index contributed by atoms with van der Waals surface area (Å²) in [5, 5.41) is 0. The molecule has 10 heavy (non-hydrogen) atoms. The Morgan fingerprint density at radius 1 is 1.30 bits per heavy atom. The summed E-state index contributed by atoms with van der Waals surface area (Å²) in [5.41, 5.74) is 1.76. The van der Waals surface area contributed by atoms with E-state index < -0.39 is 0 Å². The molecule has 0 aliphatic carbocycles. The number of aromatic amines is 1. The first kappa shape index (κ1) is 7.44. The second kappa shape index (κ2) is 2.95. The van der Waals surface area contributed by atoms with E-state index in [2.05, 4.69) is 15.0 Å². The molecular formula is C6H5N3Ti. The number of hydrogen-bond donors (Lipinski definition) is 1. The Morgan fingerprint density at radius 3 is 3.00 bits per heavy atom. The average Bonchev–Trinajstić information content (AvgIpc) is 2.33. The summed E-state index contributed by atoms with van der Waals surface area (Å²) in [4.78, 5) is 10.9. The van der Waals surface area contributed by atoms with Gasteiger partial charge in [0, 0.05) is 27.9 Å². The second-order valence-corrected chi connectivity index (χ2v) is 1.78. The summed E-state index contributed by atoms with van der Waals surface area (Å²) in [6.45, 7) is 0. The average molecular weight is 167 g/mol. The smallest absolute Gasteiger partial charge is 0.177 e. The maximum Gasteiger partial charge on any atom is 0.177 e. The molecule has 0 amide bonds. The van der Waals surface area contributed by atoms with E-state index in [4.69, 9.17) is 0 Å². The van der Waals surface area contributed by atoms with Crippen molar-refractivity contribution >= 4 is 11.2 Å². The molecule has 3 nitrogen and oxygen atoms in total. The largest absolute Gasteiger partial charge is 0.343 e. The second-order valence-electron chi connectivity index (χ2n) is 1.78. The molecule has 0 radical (unpaired) electrons. The van der Waals surface area contributed by atoms with Gasteiger partial charge in [-0.05, 0) is 12.1 Å². The van der Waals surface area contributed by atoms with Gasteiger partial charge in [0.15, 0.2) is 5.65 Å². The Bertz CT molecular complexity index is 287. The van der Waals surface area contributed by atoms with E-state index in [0.29, 0.717) is 0 Å². The van der Waals surface area contributed by atoms with Crippen LogP contribution in [0.3, 0.4) is 0 Å². The molecule has 48 valence electrons. The SMILES string of the molecule is [Ti].c1cnc2nc[nH]c2c1. The third kappa shape index (κ3) is 1.10. The Hall–Kier alpha value is -0.666. The Balaban J connectivity index is 0.000000500. The summed E-state index contributed by atoms with van der Waals surface area (Å²) in [5.74, 6) is 0. The van der Waals surface area contributed by atoms with Crippen molar-refractivity contribution in [2.75, 3.05) is 0 Å². The number of pyridine rings is 1. The quantitative estimate of drug-likeness (QED) is 0.593. The Morgan fingerprint density at radius 2 is 2.20 bits per heavy atom. The van der Waals surface area contributed by atoms with Gasteiger partial charge < -0.3 is 4.98 Å². The molecule has 0 aliphatic rings. The molecular weight excluding hydrogens is 162 g/mol. The van der Waals surface area contributed by atoms with Crippen LogP contribution < -0.4 is 0 Å². The monoisotopic (exact) mass is 167 g/mol. The van der Waals surface area contributed by atoms with E-state index in [0.717, 1.165) is 11.2 Å². The minimum absolute atomic E-state index is 0. The maximum atomic E-state index is 4.00. The van der Waals surface area contributed by atoms with Gasteiger partial charge in [-0.2, -0.15) is 0 Å². The molecule has 0 bridgehead atoms. The van der Waals surface area contributed by atoms with Crippen LogP contribution in [0.5, 0.6) is 0 Å². The minimum atomic E-state index is 0. The first-order valence-corrected chi connectivity index (χ1v) is 2.71. The number of rotatable bonds is 0. The fraction of sp³-hybridized carbons (Fsp3) is 0. The van der Waals surface area contributed by atoms with Crippen LogP contribution in [0.4, 0.5) is 0 Å². The number of imidazole rings is 1. The van der Waals surface area contributed by atoms with Crippen LogP contribution in [-0.4, -0.2) is 15.0 Å². The van der Waals surface area contributed by atoms with E-state index in [9.17, 15) is 0 Å². The van der Waals surface area contributed by atoms with Gasteiger partial charge in [0.05, 0.1) is 11.8 Å². The fourth-order valence-corrected chi connectivity index (χ4v) is 0.775.